The molecule has 1 unspecified atom stereocenters. The molecule has 116 valence electrons. The largest absolute Gasteiger partial charge is 0.374 e. The zero-order valence-electron chi connectivity index (χ0n) is 13.1. The van der Waals surface area contributed by atoms with Gasteiger partial charge in [-0.25, -0.2) is 4.39 Å². The number of benzene rings is 2. The quantitative estimate of drug-likeness (QED) is 0.871. The lowest BCUT2D eigenvalue weighted by molar-refractivity contribution is -0.116. The van der Waals surface area contributed by atoms with E-state index in [0.29, 0.717) is 11.3 Å². The molecular weight excluding hydrogens is 279 g/mol. The second-order valence-electron chi connectivity index (χ2n) is 5.37. The number of amides is 1. The molecule has 1 atom stereocenters. The highest BCUT2D eigenvalue weighted by Crippen LogP contribution is 2.15. The lowest BCUT2D eigenvalue weighted by Crippen LogP contribution is -2.31. The maximum Gasteiger partial charge on any atom is 0.246 e. The van der Waals surface area contributed by atoms with Gasteiger partial charge in [0.2, 0.25) is 5.91 Å². The Morgan fingerprint density at radius 3 is 2.36 bits per heavy atom. The van der Waals surface area contributed by atoms with Crippen LogP contribution in [0.3, 0.4) is 0 Å². The molecule has 1 amide bonds. The van der Waals surface area contributed by atoms with Crippen LogP contribution in [0.1, 0.15) is 25.0 Å². The molecule has 22 heavy (non-hydrogen) atoms. The van der Waals surface area contributed by atoms with E-state index in [1.807, 2.05) is 24.3 Å². The molecule has 0 saturated heterocycles. The highest BCUT2D eigenvalue weighted by molar-refractivity contribution is 5.96. The molecule has 0 aliphatic heterocycles. The first-order valence-electron chi connectivity index (χ1n) is 7.42. The summed E-state index contributed by atoms with van der Waals surface area (Å²) in [5.41, 5.74) is 3.15. The van der Waals surface area contributed by atoms with E-state index in [2.05, 4.69) is 17.6 Å². The van der Waals surface area contributed by atoms with Crippen LogP contribution >= 0.6 is 0 Å². The van der Waals surface area contributed by atoms with Gasteiger partial charge in [0.25, 0.3) is 0 Å². The molecule has 0 radical (unpaired) electrons. The molecule has 0 saturated carbocycles. The highest BCUT2D eigenvalue weighted by Gasteiger charge is 2.13. The van der Waals surface area contributed by atoms with Crippen molar-refractivity contribution in [2.45, 2.75) is 33.2 Å². The van der Waals surface area contributed by atoms with Crippen LogP contribution < -0.4 is 10.6 Å². The molecule has 0 aliphatic rings. The zero-order valence-corrected chi connectivity index (χ0v) is 13.1. The summed E-state index contributed by atoms with van der Waals surface area (Å²) in [4.78, 5) is 12.2. The lowest BCUT2D eigenvalue weighted by atomic mass is 10.1. The summed E-state index contributed by atoms with van der Waals surface area (Å²) in [6, 6.07) is 12.1. The van der Waals surface area contributed by atoms with E-state index in [9.17, 15) is 9.18 Å². The summed E-state index contributed by atoms with van der Waals surface area (Å²) in [7, 11) is 0. The normalized spacial score (nSPS) is 11.8. The van der Waals surface area contributed by atoms with E-state index >= 15 is 0 Å². The van der Waals surface area contributed by atoms with Crippen LogP contribution in [0.4, 0.5) is 15.8 Å². The van der Waals surface area contributed by atoms with E-state index in [-0.39, 0.29) is 11.7 Å². The molecule has 4 heteroatoms. The van der Waals surface area contributed by atoms with Crippen molar-refractivity contribution < 1.29 is 9.18 Å². The topological polar surface area (TPSA) is 41.1 Å². The SMILES string of the molecule is CCc1ccc(NC(=O)C(C)Nc2ccc(C)c(F)c2)cc1. The van der Waals surface area contributed by atoms with E-state index in [1.165, 1.54) is 11.6 Å². The number of anilines is 2. The number of aryl methyl sites for hydroxylation is 2. The molecule has 0 spiro atoms. The van der Waals surface area contributed by atoms with Gasteiger partial charge < -0.3 is 10.6 Å². The molecule has 0 aliphatic carbocycles. The molecular formula is C18H21FN2O. The van der Waals surface area contributed by atoms with Gasteiger partial charge in [-0.1, -0.05) is 25.1 Å². The predicted octanol–water partition coefficient (Wildman–Crippen LogP) is 4.14. The molecule has 2 aromatic rings. The van der Waals surface area contributed by atoms with E-state index in [0.717, 1.165) is 12.1 Å². The fourth-order valence-corrected chi connectivity index (χ4v) is 2.07. The Hall–Kier alpha value is -2.36. The van der Waals surface area contributed by atoms with E-state index in [1.54, 1.807) is 26.0 Å². The van der Waals surface area contributed by atoms with Crippen molar-refractivity contribution in [3.63, 3.8) is 0 Å². The van der Waals surface area contributed by atoms with Crippen LogP contribution in [0, 0.1) is 12.7 Å². The van der Waals surface area contributed by atoms with Gasteiger partial charge in [-0.3, -0.25) is 4.79 Å². The Kier molecular flexibility index (Phi) is 5.15. The third-order valence-electron chi connectivity index (χ3n) is 3.58. The molecule has 2 aromatic carbocycles. The van der Waals surface area contributed by atoms with Gasteiger partial charge >= 0.3 is 0 Å². The highest BCUT2D eigenvalue weighted by atomic mass is 19.1. The van der Waals surface area contributed by atoms with Crippen molar-refractivity contribution >= 4 is 17.3 Å². The number of rotatable bonds is 5. The first-order valence-corrected chi connectivity index (χ1v) is 7.42. The van der Waals surface area contributed by atoms with Crippen molar-refractivity contribution in [2.75, 3.05) is 10.6 Å². The minimum atomic E-state index is -0.465. The fraction of sp³-hybridized carbons (Fsp3) is 0.278. The number of nitrogens with one attached hydrogen (secondary N) is 2. The molecule has 0 heterocycles. The Morgan fingerprint density at radius 2 is 1.77 bits per heavy atom. The summed E-state index contributed by atoms with van der Waals surface area (Å²) in [6.45, 7) is 5.53. The van der Waals surface area contributed by atoms with Crippen LogP contribution in [0.15, 0.2) is 42.5 Å². The summed E-state index contributed by atoms with van der Waals surface area (Å²) in [5, 5.41) is 5.84. The minimum absolute atomic E-state index is 0.162. The van der Waals surface area contributed by atoms with Gasteiger partial charge in [-0.2, -0.15) is 0 Å². The van der Waals surface area contributed by atoms with Crippen molar-refractivity contribution in [1.29, 1.82) is 0 Å². The Balaban J connectivity index is 1.97. The third kappa shape index (κ3) is 4.07. The van der Waals surface area contributed by atoms with Crippen molar-refractivity contribution in [2.24, 2.45) is 0 Å². The second-order valence-corrected chi connectivity index (χ2v) is 5.37. The summed E-state index contributed by atoms with van der Waals surface area (Å²) in [5.74, 6) is -0.446. The average Bonchev–Trinajstić information content (AvgIpc) is 2.51. The van der Waals surface area contributed by atoms with Crippen LogP contribution in [-0.2, 0) is 11.2 Å². The maximum atomic E-state index is 13.5. The summed E-state index contributed by atoms with van der Waals surface area (Å²) in [6.07, 6.45) is 0.963. The zero-order chi connectivity index (χ0) is 16.1. The lowest BCUT2D eigenvalue weighted by Gasteiger charge is -2.16. The smallest absolute Gasteiger partial charge is 0.246 e. The first kappa shape index (κ1) is 16.0. The van der Waals surface area contributed by atoms with Gasteiger partial charge in [0.1, 0.15) is 11.9 Å². The van der Waals surface area contributed by atoms with E-state index < -0.39 is 6.04 Å². The van der Waals surface area contributed by atoms with Gasteiger partial charge in [-0.05, 0) is 55.7 Å². The fourth-order valence-electron chi connectivity index (χ4n) is 2.07. The van der Waals surface area contributed by atoms with Gasteiger partial charge in [0, 0.05) is 11.4 Å². The molecule has 3 nitrogen and oxygen atoms in total. The monoisotopic (exact) mass is 300 g/mol. The number of hydrogen-bond donors (Lipinski definition) is 2. The van der Waals surface area contributed by atoms with Crippen LogP contribution in [0.25, 0.3) is 0 Å². The Labute approximate surface area is 130 Å². The van der Waals surface area contributed by atoms with E-state index in [4.69, 9.17) is 0 Å². The van der Waals surface area contributed by atoms with Crippen LogP contribution in [-0.4, -0.2) is 11.9 Å². The number of halogens is 1. The predicted molar refractivity (Wildman–Crippen MR) is 88.7 cm³/mol. The molecule has 0 bridgehead atoms. The van der Waals surface area contributed by atoms with Crippen molar-refractivity contribution in [3.05, 3.63) is 59.4 Å². The molecule has 2 N–H and O–H groups in total. The third-order valence-corrected chi connectivity index (χ3v) is 3.58. The average molecular weight is 300 g/mol. The number of carbonyl (C=O) groups is 1. The van der Waals surface area contributed by atoms with Gasteiger partial charge in [0.05, 0.1) is 0 Å². The molecule has 0 aromatic heterocycles. The summed E-state index contributed by atoms with van der Waals surface area (Å²) < 4.78 is 13.5. The number of hydrogen-bond acceptors (Lipinski definition) is 2. The van der Waals surface area contributed by atoms with Crippen molar-refractivity contribution in [3.8, 4) is 0 Å². The first-order chi connectivity index (χ1) is 10.5. The standard InChI is InChI=1S/C18H21FN2O/c1-4-14-6-9-15(10-7-14)21-18(22)13(3)20-16-8-5-12(2)17(19)11-16/h5-11,13,20H,4H2,1-3H3,(H,21,22). The Morgan fingerprint density at radius 1 is 1.14 bits per heavy atom. The Bertz CT molecular complexity index is 653. The second kappa shape index (κ2) is 7.07. The molecule has 2 rings (SSSR count). The van der Waals surface area contributed by atoms with Crippen LogP contribution in [0.2, 0.25) is 0 Å². The van der Waals surface area contributed by atoms with Gasteiger partial charge in [-0.15, -0.1) is 0 Å². The maximum absolute atomic E-state index is 13.5. The van der Waals surface area contributed by atoms with Crippen molar-refractivity contribution in [1.82, 2.24) is 0 Å². The summed E-state index contributed by atoms with van der Waals surface area (Å²) >= 11 is 0. The van der Waals surface area contributed by atoms with Gasteiger partial charge in [0.15, 0.2) is 0 Å². The number of carbonyl (C=O) groups excluding carboxylic acids is 1. The minimum Gasteiger partial charge on any atom is -0.374 e. The van der Waals surface area contributed by atoms with Crippen LogP contribution in [0.5, 0.6) is 0 Å². The molecule has 0 fully saturated rings.